The highest BCUT2D eigenvalue weighted by atomic mass is 16.5. The van der Waals surface area contributed by atoms with Crippen molar-refractivity contribution < 1.29 is 9.47 Å². The number of nitrogens with zero attached hydrogens (tertiary/aromatic N) is 3. The summed E-state index contributed by atoms with van der Waals surface area (Å²) in [6.07, 6.45) is 0.706. The van der Waals surface area contributed by atoms with Crippen LogP contribution in [0.2, 0.25) is 0 Å². The third kappa shape index (κ3) is 3.83. The van der Waals surface area contributed by atoms with Crippen molar-refractivity contribution in [2.45, 2.75) is 44.6 Å². The van der Waals surface area contributed by atoms with Gasteiger partial charge in [-0.05, 0) is 36.6 Å². The Kier molecular flexibility index (Phi) is 5.24. The number of benzene rings is 2. The van der Waals surface area contributed by atoms with Crippen LogP contribution in [0, 0.1) is 0 Å². The van der Waals surface area contributed by atoms with Crippen LogP contribution in [0.5, 0.6) is 0 Å². The molecule has 2 aliphatic rings. The number of aliphatic imine (C=N–C) groups is 2. The summed E-state index contributed by atoms with van der Waals surface area (Å²) in [7, 11) is 0. The Bertz CT molecular complexity index is 1110. The average molecular weight is 412 g/mol. The molecule has 5 heteroatoms. The summed E-state index contributed by atoms with van der Waals surface area (Å²) in [6.45, 7) is 4.20. The minimum absolute atomic E-state index is 0.0230. The van der Waals surface area contributed by atoms with Crippen LogP contribution >= 0.6 is 0 Å². The zero-order valence-corrected chi connectivity index (χ0v) is 17.7. The number of hydrogen-bond donors (Lipinski definition) is 0. The Balaban J connectivity index is 1.38. The van der Waals surface area contributed by atoms with Crippen molar-refractivity contribution in [3.63, 3.8) is 0 Å². The highest BCUT2D eigenvalue weighted by Crippen LogP contribution is 2.33. The lowest BCUT2D eigenvalue weighted by Crippen LogP contribution is -2.14. The van der Waals surface area contributed by atoms with Gasteiger partial charge in [0.05, 0.1) is 12.1 Å². The summed E-state index contributed by atoms with van der Waals surface area (Å²) in [5.41, 5.74) is 3.65. The second kappa shape index (κ2) is 8.34. The molecule has 0 bridgehead atoms. The molecule has 0 saturated heterocycles. The number of ether oxygens (including phenoxy) is 2. The van der Waals surface area contributed by atoms with Gasteiger partial charge in [0.2, 0.25) is 11.8 Å². The first-order chi connectivity index (χ1) is 15.2. The quantitative estimate of drug-likeness (QED) is 0.574. The molecule has 31 heavy (non-hydrogen) atoms. The minimum atomic E-state index is -0.103. The number of aromatic nitrogens is 1. The van der Waals surface area contributed by atoms with Crippen LogP contribution in [0.25, 0.3) is 0 Å². The third-order valence-electron chi connectivity index (χ3n) is 5.73. The summed E-state index contributed by atoms with van der Waals surface area (Å²) in [5.74, 6) is 1.14. The summed E-state index contributed by atoms with van der Waals surface area (Å²) in [6, 6.07) is 26.3. The zero-order chi connectivity index (χ0) is 21.2. The van der Waals surface area contributed by atoms with Gasteiger partial charge in [-0.2, -0.15) is 0 Å². The number of rotatable bonds is 5. The van der Waals surface area contributed by atoms with Gasteiger partial charge in [0.1, 0.15) is 23.6 Å². The molecule has 2 aliphatic heterocycles. The fourth-order valence-corrected chi connectivity index (χ4v) is 4.10. The Morgan fingerprint density at radius 2 is 1.23 bits per heavy atom. The van der Waals surface area contributed by atoms with Gasteiger partial charge in [0, 0.05) is 0 Å². The van der Waals surface area contributed by atoms with E-state index < -0.39 is 0 Å². The van der Waals surface area contributed by atoms with Crippen LogP contribution in [0.4, 0.5) is 0 Å². The maximum atomic E-state index is 6.27. The maximum absolute atomic E-state index is 6.27. The second-order valence-corrected chi connectivity index (χ2v) is 7.89. The molecule has 0 fully saturated rings. The van der Waals surface area contributed by atoms with Crippen LogP contribution in [-0.4, -0.2) is 28.9 Å². The van der Waals surface area contributed by atoms with E-state index in [1.165, 1.54) is 0 Å². The largest absolute Gasteiger partial charge is 0.466 e. The molecule has 156 valence electrons. The normalized spacial score (nSPS) is 24.8. The van der Waals surface area contributed by atoms with Crippen molar-refractivity contribution in [2.24, 2.45) is 9.98 Å². The second-order valence-electron chi connectivity index (χ2n) is 7.89. The molecule has 0 radical (unpaired) electrons. The van der Waals surface area contributed by atoms with Crippen LogP contribution in [-0.2, 0) is 9.47 Å². The van der Waals surface area contributed by atoms with E-state index in [0.29, 0.717) is 23.2 Å². The minimum Gasteiger partial charge on any atom is -0.466 e. The molecule has 0 unspecified atom stereocenters. The smallest absolute Gasteiger partial charge is 0.236 e. The molecule has 0 aliphatic carbocycles. The molecule has 3 heterocycles. The predicted octanol–water partition coefficient (Wildman–Crippen LogP) is 5.28. The lowest BCUT2D eigenvalue weighted by Gasteiger charge is -2.16. The van der Waals surface area contributed by atoms with Crippen molar-refractivity contribution in [1.29, 1.82) is 0 Å². The van der Waals surface area contributed by atoms with Gasteiger partial charge >= 0.3 is 0 Å². The average Bonchev–Trinajstić information content (AvgIpc) is 3.44. The summed E-state index contributed by atoms with van der Waals surface area (Å²) >= 11 is 0. The molecule has 5 rings (SSSR count). The van der Waals surface area contributed by atoms with Gasteiger partial charge in [0.15, 0.2) is 0 Å². The lowest BCUT2D eigenvalue weighted by atomic mass is 10.0. The van der Waals surface area contributed by atoms with E-state index in [9.17, 15) is 0 Å². The molecule has 5 nitrogen and oxygen atoms in total. The molecule has 3 aromatic rings. The van der Waals surface area contributed by atoms with Crippen LogP contribution in [0.1, 0.15) is 55.0 Å². The van der Waals surface area contributed by atoms with Crippen molar-refractivity contribution in [2.75, 3.05) is 0 Å². The zero-order valence-electron chi connectivity index (χ0n) is 17.7. The van der Waals surface area contributed by atoms with E-state index in [1.54, 1.807) is 0 Å². The van der Waals surface area contributed by atoms with Gasteiger partial charge in [-0.25, -0.2) is 15.0 Å². The van der Waals surface area contributed by atoms with E-state index in [1.807, 2.05) is 54.6 Å². The molecule has 0 saturated carbocycles. The molecular weight excluding hydrogens is 386 g/mol. The molecule has 4 atom stereocenters. The molecule has 0 N–H and O–H groups in total. The van der Waals surface area contributed by atoms with Gasteiger partial charge in [-0.3, -0.25) is 0 Å². The monoisotopic (exact) mass is 411 g/mol. The predicted molar refractivity (Wildman–Crippen MR) is 121 cm³/mol. The first-order valence-electron chi connectivity index (χ1n) is 10.8. The number of hydrogen-bond acceptors (Lipinski definition) is 5. The molecule has 0 spiro atoms. The topological polar surface area (TPSA) is 56.1 Å². The fourth-order valence-electron chi connectivity index (χ4n) is 4.10. The van der Waals surface area contributed by atoms with Gasteiger partial charge in [-0.15, -0.1) is 0 Å². The van der Waals surface area contributed by atoms with Crippen LogP contribution in [0.15, 0.2) is 88.8 Å². The highest BCUT2D eigenvalue weighted by molar-refractivity contribution is 5.97. The van der Waals surface area contributed by atoms with Crippen molar-refractivity contribution in [3.8, 4) is 0 Å². The lowest BCUT2D eigenvalue weighted by molar-refractivity contribution is 0.193. The maximum Gasteiger partial charge on any atom is 0.236 e. The van der Waals surface area contributed by atoms with Crippen LogP contribution < -0.4 is 0 Å². The Labute approximate surface area is 182 Å². The highest BCUT2D eigenvalue weighted by Gasteiger charge is 2.33. The van der Waals surface area contributed by atoms with Crippen molar-refractivity contribution in [1.82, 2.24) is 4.98 Å². The summed E-state index contributed by atoms with van der Waals surface area (Å²) in [4.78, 5) is 14.3. The SMILES string of the molecule is CC[C@@H]1N=C(c2cccc(C3=N[C@@H](C)[C@H](c4ccccc4)O3)n2)O[C@H]1c1ccccc1. The van der Waals surface area contributed by atoms with E-state index in [0.717, 1.165) is 17.5 Å². The fraction of sp³-hybridized carbons (Fsp3) is 0.269. The van der Waals surface area contributed by atoms with E-state index >= 15 is 0 Å². The third-order valence-corrected chi connectivity index (χ3v) is 5.73. The van der Waals surface area contributed by atoms with Crippen molar-refractivity contribution >= 4 is 11.8 Å². The molecule has 0 amide bonds. The van der Waals surface area contributed by atoms with Gasteiger partial charge in [-0.1, -0.05) is 73.7 Å². The first kappa shape index (κ1) is 19.5. The summed E-state index contributed by atoms with van der Waals surface area (Å²) in [5, 5.41) is 0. The first-order valence-corrected chi connectivity index (χ1v) is 10.8. The van der Waals surface area contributed by atoms with E-state index in [4.69, 9.17) is 24.4 Å². The van der Waals surface area contributed by atoms with Gasteiger partial charge in [0.25, 0.3) is 0 Å². The Morgan fingerprint density at radius 1 is 0.677 bits per heavy atom. The van der Waals surface area contributed by atoms with Crippen molar-refractivity contribution in [3.05, 3.63) is 101 Å². The molecule has 1 aromatic heterocycles. The van der Waals surface area contributed by atoms with E-state index in [-0.39, 0.29) is 24.3 Å². The standard InChI is InChI=1S/C26H25N3O2/c1-3-20-24(19-13-8-5-9-14-19)31-26(29-20)22-16-10-15-21(28-22)25-27-17(2)23(30-25)18-11-6-4-7-12-18/h4-17,20,23-24H,3H2,1-2H3/t17-,20-,23+,24-/m0/s1. The van der Waals surface area contributed by atoms with E-state index in [2.05, 4.69) is 38.1 Å². The Morgan fingerprint density at radius 3 is 1.84 bits per heavy atom. The molecule has 2 aromatic carbocycles. The molecular formula is C26H25N3O2. The summed E-state index contributed by atoms with van der Waals surface area (Å²) < 4.78 is 12.5. The van der Waals surface area contributed by atoms with Crippen LogP contribution in [0.3, 0.4) is 0 Å². The number of pyridine rings is 1. The Hall–Kier alpha value is -3.47. The van der Waals surface area contributed by atoms with Gasteiger partial charge < -0.3 is 9.47 Å².